The van der Waals surface area contributed by atoms with E-state index in [4.69, 9.17) is 0 Å². The van der Waals surface area contributed by atoms with Crippen LogP contribution in [-0.2, 0) is 0 Å². The molecule has 0 amide bonds. The summed E-state index contributed by atoms with van der Waals surface area (Å²) >= 11 is 0. The highest BCUT2D eigenvalue weighted by Gasteiger charge is 2.58. The highest BCUT2D eigenvalue weighted by atomic mass is 14.6. The quantitative estimate of drug-likeness (QED) is 0.504. The van der Waals surface area contributed by atoms with Crippen LogP contribution in [0.15, 0.2) is 0 Å². The van der Waals surface area contributed by atoms with Crippen LogP contribution in [-0.4, -0.2) is 0 Å². The van der Waals surface area contributed by atoms with Crippen LogP contribution in [0, 0.1) is 40.4 Å². The van der Waals surface area contributed by atoms with E-state index in [9.17, 15) is 0 Å². The zero-order chi connectivity index (χ0) is 14.0. The molecule has 114 valence electrons. The van der Waals surface area contributed by atoms with Gasteiger partial charge in [0.25, 0.3) is 0 Å². The molecular formula is C20H34. The Hall–Kier alpha value is 0. The Morgan fingerprint density at radius 2 is 1.55 bits per heavy atom. The fourth-order valence-electron chi connectivity index (χ4n) is 7.80. The van der Waals surface area contributed by atoms with E-state index in [0.29, 0.717) is 5.41 Å². The van der Waals surface area contributed by atoms with Gasteiger partial charge in [-0.2, -0.15) is 0 Å². The molecule has 0 radical (unpaired) electrons. The molecule has 4 saturated carbocycles. The van der Waals surface area contributed by atoms with Crippen LogP contribution in [0.4, 0.5) is 0 Å². The Morgan fingerprint density at radius 3 is 2.40 bits per heavy atom. The molecule has 4 aliphatic carbocycles. The highest BCUT2D eigenvalue weighted by molar-refractivity contribution is 5.07. The van der Waals surface area contributed by atoms with Crippen molar-refractivity contribution in [2.75, 3.05) is 0 Å². The molecule has 0 heteroatoms. The Bertz CT molecular complexity index is 385. The van der Waals surface area contributed by atoms with Crippen molar-refractivity contribution < 1.29 is 0 Å². The van der Waals surface area contributed by atoms with Crippen molar-refractivity contribution >= 4 is 0 Å². The largest absolute Gasteiger partial charge is 0.0622 e. The van der Waals surface area contributed by atoms with Crippen molar-refractivity contribution in [3.05, 3.63) is 0 Å². The maximum absolute atomic E-state index is 2.71. The number of rotatable bonds is 0. The van der Waals surface area contributed by atoms with Gasteiger partial charge in [0.2, 0.25) is 0 Å². The number of hydrogen-bond acceptors (Lipinski definition) is 0. The van der Waals surface area contributed by atoms with E-state index in [1.54, 1.807) is 38.5 Å². The van der Waals surface area contributed by atoms with Gasteiger partial charge in [-0.15, -0.1) is 0 Å². The molecule has 0 N–H and O–H groups in total. The molecule has 0 heterocycles. The summed E-state index contributed by atoms with van der Waals surface area (Å²) in [5.41, 5.74) is 1.45. The van der Waals surface area contributed by atoms with Gasteiger partial charge in [-0.05, 0) is 85.4 Å². The van der Waals surface area contributed by atoms with Gasteiger partial charge >= 0.3 is 0 Å². The minimum absolute atomic E-state index is 0.713. The SMILES string of the molecule is CC1C[C@H]2[C@@H]3CCC[C@@]3(C)CC[C@@H]2[C@@]2(C)CCCC[C@H]12. The molecule has 0 aromatic rings. The molecule has 0 saturated heterocycles. The first kappa shape index (κ1) is 13.6. The van der Waals surface area contributed by atoms with Crippen LogP contribution < -0.4 is 0 Å². The summed E-state index contributed by atoms with van der Waals surface area (Å²) in [6, 6.07) is 0. The van der Waals surface area contributed by atoms with E-state index in [1.165, 1.54) is 25.7 Å². The molecule has 0 spiro atoms. The molecule has 0 aromatic heterocycles. The molecule has 4 aliphatic rings. The minimum atomic E-state index is 0.713. The first-order valence-corrected chi connectivity index (χ1v) is 9.55. The van der Waals surface area contributed by atoms with Crippen LogP contribution in [0.2, 0.25) is 0 Å². The molecule has 0 nitrogen and oxygen atoms in total. The smallest absolute Gasteiger partial charge is 0.0264 e. The van der Waals surface area contributed by atoms with Crippen molar-refractivity contribution in [3.63, 3.8) is 0 Å². The van der Waals surface area contributed by atoms with E-state index in [2.05, 4.69) is 20.8 Å². The summed E-state index contributed by atoms with van der Waals surface area (Å²) < 4.78 is 0. The third kappa shape index (κ3) is 1.72. The van der Waals surface area contributed by atoms with E-state index in [-0.39, 0.29) is 0 Å². The van der Waals surface area contributed by atoms with E-state index in [1.807, 2.05) is 0 Å². The molecule has 4 fully saturated rings. The lowest BCUT2D eigenvalue weighted by Gasteiger charge is -2.62. The molecule has 4 rings (SSSR count). The molecule has 0 aliphatic heterocycles. The lowest BCUT2D eigenvalue weighted by molar-refractivity contribution is -0.125. The summed E-state index contributed by atoms with van der Waals surface area (Å²) in [6.07, 6.45) is 15.4. The van der Waals surface area contributed by atoms with Gasteiger partial charge < -0.3 is 0 Å². The zero-order valence-corrected chi connectivity index (χ0v) is 14.0. The Kier molecular flexibility index (Phi) is 3.07. The van der Waals surface area contributed by atoms with Crippen LogP contribution in [0.3, 0.4) is 0 Å². The topological polar surface area (TPSA) is 0 Å². The second-order valence-corrected chi connectivity index (χ2v) is 9.53. The van der Waals surface area contributed by atoms with Crippen LogP contribution >= 0.6 is 0 Å². The second-order valence-electron chi connectivity index (χ2n) is 9.53. The van der Waals surface area contributed by atoms with Gasteiger partial charge in [-0.25, -0.2) is 0 Å². The summed E-state index contributed by atoms with van der Waals surface area (Å²) in [5, 5.41) is 0. The summed E-state index contributed by atoms with van der Waals surface area (Å²) in [6.45, 7) is 7.95. The summed E-state index contributed by atoms with van der Waals surface area (Å²) in [7, 11) is 0. The molecule has 0 aromatic carbocycles. The Morgan fingerprint density at radius 1 is 0.750 bits per heavy atom. The predicted octanol–water partition coefficient (Wildman–Crippen LogP) is 6.06. The van der Waals surface area contributed by atoms with E-state index in [0.717, 1.165) is 35.0 Å². The van der Waals surface area contributed by atoms with Gasteiger partial charge in [-0.1, -0.05) is 40.0 Å². The Labute approximate surface area is 126 Å². The van der Waals surface area contributed by atoms with Gasteiger partial charge in [0.1, 0.15) is 0 Å². The van der Waals surface area contributed by atoms with Gasteiger partial charge in [0.05, 0.1) is 0 Å². The van der Waals surface area contributed by atoms with E-state index >= 15 is 0 Å². The zero-order valence-electron chi connectivity index (χ0n) is 14.0. The third-order valence-electron chi connectivity index (χ3n) is 8.72. The maximum Gasteiger partial charge on any atom is -0.0264 e. The molecular weight excluding hydrogens is 240 g/mol. The lowest BCUT2D eigenvalue weighted by Crippen LogP contribution is -2.54. The van der Waals surface area contributed by atoms with Crippen molar-refractivity contribution in [2.24, 2.45) is 40.4 Å². The van der Waals surface area contributed by atoms with Crippen molar-refractivity contribution in [2.45, 2.75) is 85.0 Å². The van der Waals surface area contributed by atoms with Crippen molar-refractivity contribution in [1.29, 1.82) is 0 Å². The molecule has 7 atom stereocenters. The van der Waals surface area contributed by atoms with Gasteiger partial charge in [0, 0.05) is 0 Å². The number of fused-ring (bicyclic) bond motifs is 5. The van der Waals surface area contributed by atoms with Crippen molar-refractivity contribution in [3.8, 4) is 0 Å². The molecule has 20 heavy (non-hydrogen) atoms. The summed E-state index contributed by atoms with van der Waals surface area (Å²) in [5.74, 6) is 5.32. The third-order valence-corrected chi connectivity index (χ3v) is 8.72. The van der Waals surface area contributed by atoms with Crippen LogP contribution in [0.1, 0.15) is 85.0 Å². The fraction of sp³-hybridized carbons (Fsp3) is 1.00. The van der Waals surface area contributed by atoms with Crippen LogP contribution in [0.5, 0.6) is 0 Å². The normalized spacial score (nSPS) is 58.6. The monoisotopic (exact) mass is 274 g/mol. The van der Waals surface area contributed by atoms with Gasteiger partial charge in [-0.3, -0.25) is 0 Å². The molecule has 0 bridgehead atoms. The highest BCUT2D eigenvalue weighted by Crippen LogP contribution is 2.67. The molecule has 1 unspecified atom stereocenters. The first-order valence-electron chi connectivity index (χ1n) is 9.55. The van der Waals surface area contributed by atoms with Crippen molar-refractivity contribution in [1.82, 2.24) is 0 Å². The second kappa shape index (κ2) is 4.50. The van der Waals surface area contributed by atoms with E-state index < -0.39 is 0 Å². The first-order chi connectivity index (χ1) is 9.55. The Balaban J connectivity index is 1.68. The van der Waals surface area contributed by atoms with Crippen LogP contribution in [0.25, 0.3) is 0 Å². The minimum Gasteiger partial charge on any atom is -0.0622 e. The average Bonchev–Trinajstić information content (AvgIpc) is 2.81. The summed E-state index contributed by atoms with van der Waals surface area (Å²) in [4.78, 5) is 0. The van der Waals surface area contributed by atoms with Gasteiger partial charge in [0.15, 0.2) is 0 Å². The standard InChI is InChI=1S/C20H34/c1-14-13-15-17-8-6-10-19(17,2)12-9-18(15)20(3)11-5-4-7-16(14)20/h14-18H,4-13H2,1-3H3/t14?,15-,16+,17-,18-,19-,20-/m0/s1. The average molecular weight is 274 g/mol. The fourth-order valence-corrected chi connectivity index (χ4v) is 7.80. The predicted molar refractivity (Wildman–Crippen MR) is 85.5 cm³/mol. The maximum atomic E-state index is 2.71. The lowest BCUT2D eigenvalue weighted by atomic mass is 9.43. The number of hydrogen-bond donors (Lipinski definition) is 0.